The average molecular weight is 251 g/mol. The van der Waals surface area contributed by atoms with Crippen LogP contribution in [0, 0.1) is 0 Å². The lowest BCUT2D eigenvalue weighted by atomic mass is 10.3. The van der Waals surface area contributed by atoms with E-state index in [9.17, 15) is 9.59 Å². The smallest absolute Gasteiger partial charge is 0.374 e. The van der Waals surface area contributed by atoms with Crippen molar-refractivity contribution in [3.8, 4) is 0 Å². The molecule has 0 aromatic carbocycles. The molecule has 9 heteroatoms. The van der Waals surface area contributed by atoms with Crippen LogP contribution in [0.25, 0.3) is 0 Å². The number of aromatic carboxylic acids is 1. The lowest BCUT2D eigenvalue weighted by Gasteiger charge is -2.12. The fraction of sp³-hybridized carbons (Fsp3) is 0.222. The Morgan fingerprint density at radius 2 is 2.33 bits per heavy atom. The van der Waals surface area contributed by atoms with Crippen molar-refractivity contribution in [3.05, 3.63) is 29.7 Å². The first-order valence-corrected chi connectivity index (χ1v) is 4.87. The van der Waals surface area contributed by atoms with Crippen molar-refractivity contribution in [3.63, 3.8) is 0 Å². The quantitative estimate of drug-likeness (QED) is 0.768. The van der Waals surface area contributed by atoms with E-state index in [1.807, 2.05) is 0 Å². The minimum atomic E-state index is -1.28. The Hall–Kier alpha value is -2.71. The summed E-state index contributed by atoms with van der Waals surface area (Å²) in [5.74, 6) is -1.62. The van der Waals surface area contributed by atoms with Crippen LogP contribution in [0.3, 0.4) is 0 Å². The van der Waals surface area contributed by atoms with Crippen molar-refractivity contribution in [2.45, 2.75) is 6.54 Å². The van der Waals surface area contributed by atoms with Gasteiger partial charge in [-0.05, 0) is 0 Å². The fourth-order valence-corrected chi connectivity index (χ4v) is 1.28. The number of hydrogen-bond acceptors (Lipinski definition) is 6. The van der Waals surface area contributed by atoms with Crippen molar-refractivity contribution < 1.29 is 19.2 Å². The predicted octanol–water partition coefficient (Wildman–Crippen LogP) is -0.237. The van der Waals surface area contributed by atoms with E-state index in [0.717, 1.165) is 6.07 Å². The number of nitrogens with one attached hydrogen (secondary N) is 1. The average Bonchev–Trinajstić information content (AvgIpc) is 2.98. The number of hydrogen-bond donors (Lipinski definition) is 2. The molecular weight excluding hydrogens is 242 g/mol. The summed E-state index contributed by atoms with van der Waals surface area (Å²) in [5.41, 5.74) is -0.0746. The molecular formula is C9H9N5O4. The monoisotopic (exact) mass is 251 g/mol. The van der Waals surface area contributed by atoms with E-state index >= 15 is 0 Å². The molecule has 0 unspecified atom stereocenters. The van der Waals surface area contributed by atoms with Gasteiger partial charge in [-0.3, -0.25) is 9.89 Å². The summed E-state index contributed by atoms with van der Waals surface area (Å²) in [4.78, 5) is 27.6. The Labute approximate surface area is 100 Å². The molecule has 0 aliphatic heterocycles. The van der Waals surface area contributed by atoms with Gasteiger partial charge in [-0.2, -0.15) is 5.10 Å². The summed E-state index contributed by atoms with van der Waals surface area (Å²) >= 11 is 0. The molecule has 0 spiro atoms. The highest BCUT2D eigenvalue weighted by atomic mass is 16.5. The maximum Gasteiger partial charge on any atom is 0.374 e. The van der Waals surface area contributed by atoms with E-state index in [2.05, 4.69) is 24.9 Å². The largest absolute Gasteiger partial charge is 0.475 e. The van der Waals surface area contributed by atoms with Gasteiger partial charge in [0, 0.05) is 13.1 Å². The zero-order valence-corrected chi connectivity index (χ0v) is 9.32. The van der Waals surface area contributed by atoms with Crippen molar-refractivity contribution in [2.24, 2.45) is 0 Å². The van der Waals surface area contributed by atoms with Crippen molar-refractivity contribution in [1.29, 1.82) is 0 Å². The topological polar surface area (TPSA) is 125 Å². The lowest BCUT2D eigenvalue weighted by molar-refractivity contribution is 0.0649. The standard InChI is InChI=1S/C9H9N5O4/c1-14(3-7-10-4-11-12-7)8(15)5-2-6(9(16)17)18-13-5/h2,4H,3H2,1H3,(H,16,17)(H,10,11,12). The SMILES string of the molecule is CN(Cc1ncn[nH]1)C(=O)c1cc(C(=O)O)on1. The zero-order valence-electron chi connectivity index (χ0n) is 9.32. The van der Waals surface area contributed by atoms with E-state index in [-0.39, 0.29) is 18.0 Å². The van der Waals surface area contributed by atoms with Crippen molar-refractivity contribution in [2.75, 3.05) is 7.05 Å². The Kier molecular flexibility index (Phi) is 3.04. The van der Waals surface area contributed by atoms with E-state index < -0.39 is 11.9 Å². The summed E-state index contributed by atoms with van der Waals surface area (Å²) in [7, 11) is 1.53. The first-order chi connectivity index (χ1) is 8.58. The molecule has 0 saturated carbocycles. The molecule has 2 N–H and O–H groups in total. The molecule has 0 aliphatic carbocycles. The second kappa shape index (κ2) is 4.65. The van der Waals surface area contributed by atoms with Gasteiger partial charge in [0.1, 0.15) is 12.2 Å². The molecule has 2 aromatic rings. The summed E-state index contributed by atoms with van der Waals surface area (Å²) in [6.07, 6.45) is 1.33. The van der Waals surface area contributed by atoms with Gasteiger partial charge in [0.25, 0.3) is 5.91 Å². The van der Waals surface area contributed by atoms with E-state index in [4.69, 9.17) is 5.11 Å². The number of rotatable bonds is 4. The van der Waals surface area contributed by atoms with Gasteiger partial charge in [-0.25, -0.2) is 9.78 Å². The second-order valence-corrected chi connectivity index (χ2v) is 3.47. The van der Waals surface area contributed by atoms with Gasteiger partial charge in [0.2, 0.25) is 5.76 Å². The number of carbonyl (C=O) groups is 2. The first-order valence-electron chi connectivity index (χ1n) is 4.87. The molecule has 1 amide bonds. The first kappa shape index (κ1) is 11.8. The van der Waals surface area contributed by atoms with Gasteiger partial charge < -0.3 is 14.5 Å². The summed E-state index contributed by atoms with van der Waals surface area (Å²) in [6.45, 7) is 0.202. The van der Waals surface area contributed by atoms with Crippen LogP contribution in [0.1, 0.15) is 26.9 Å². The van der Waals surface area contributed by atoms with Crippen LogP contribution < -0.4 is 0 Å². The molecule has 0 fully saturated rings. The summed E-state index contributed by atoms with van der Waals surface area (Å²) < 4.78 is 4.50. The second-order valence-electron chi connectivity index (χ2n) is 3.47. The maximum absolute atomic E-state index is 11.9. The highest BCUT2D eigenvalue weighted by Crippen LogP contribution is 2.07. The maximum atomic E-state index is 11.9. The third-order valence-electron chi connectivity index (χ3n) is 2.14. The number of nitrogens with zero attached hydrogens (tertiary/aromatic N) is 4. The molecule has 18 heavy (non-hydrogen) atoms. The molecule has 94 valence electrons. The number of aromatic amines is 1. The number of carboxylic acid groups (broad SMARTS) is 1. The zero-order chi connectivity index (χ0) is 13.1. The molecule has 2 rings (SSSR count). The Morgan fingerprint density at radius 3 is 2.89 bits per heavy atom. The number of H-pyrrole nitrogens is 1. The molecule has 9 nitrogen and oxygen atoms in total. The number of aromatic nitrogens is 4. The highest BCUT2D eigenvalue weighted by Gasteiger charge is 2.20. The Bertz CT molecular complexity index is 561. The molecule has 0 bridgehead atoms. The van der Waals surface area contributed by atoms with Crippen LogP contribution in [0.4, 0.5) is 0 Å². The van der Waals surface area contributed by atoms with Gasteiger partial charge in [-0.1, -0.05) is 5.16 Å². The van der Waals surface area contributed by atoms with Crippen LogP contribution in [0.2, 0.25) is 0 Å². The molecule has 0 saturated heterocycles. The van der Waals surface area contributed by atoms with E-state index in [0.29, 0.717) is 5.82 Å². The summed E-state index contributed by atoms with van der Waals surface area (Å²) in [6, 6.07) is 1.07. The van der Waals surface area contributed by atoms with Gasteiger partial charge >= 0.3 is 5.97 Å². The minimum Gasteiger partial charge on any atom is -0.475 e. The molecule has 0 atom stereocenters. The normalized spacial score (nSPS) is 10.3. The predicted molar refractivity (Wildman–Crippen MR) is 55.6 cm³/mol. The lowest BCUT2D eigenvalue weighted by Crippen LogP contribution is -2.27. The van der Waals surface area contributed by atoms with E-state index in [1.54, 1.807) is 0 Å². The molecule has 2 heterocycles. The van der Waals surface area contributed by atoms with Gasteiger partial charge in [-0.15, -0.1) is 0 Å². The van der Waals surface area contributed by atoms with Crippen LogP contribution in [0.5, 0.6) is 0 Å². The number of carbonyl (C=O) groups excluding carboxylic acids is 1. The van der Waals surface area contributed by atoms with Crippen LogP contribution in [-0.4, -0.2) is 49.3 Å². The third-order valence-corrected chi connectivity index (χ3v) is 2.14. The molecule has 0 radical (unpaired) electrons. The van der Waals surface area contributed by atoms with Gasteiger partial charge in [0.05, 0.1) is 6.54 Å². The van der Waals surface area contributed by atoms with Crippen LogP contribution in [-0.2, 0) is 6.54 Å². The minimum absolute atomic E-state index is 0.0746. The number of amides is 1. The Balaban J connectivity index is 2.08. The fourth-order valence-electron chi connectivity index (χ4n) is 1.28. The van der Waals surface area contributed by atoms with Crippen LogP contribution in [0.15, 0.2) is 16.9 Å². The van der Waals surface area contributed by atoms with Crippen molar-refractivity contribution in [1.82, 2.24) is 25.2 Å². The molecule has 0 aliphatic rings. The Morgan fingerprint density at radius 1 is 1.56 bits per heavy atom. The highest BCUT2D eigenvalue weighted by molar-refractivity contribution is 5.94. The van der Waals surface area contributed by atoms with E-state index in [1.165, 1.54) is 18.3 Å². The third kappa shape index (κ3) is 2.34. The van der Waals surface area contributed by atoms with Crippen molar-refractivity contribution >= 4 is 11.9 Å². The van der Waals surface area contributed by atoms with Gasteiger partial charge in [0.15, 0.2) is 5.69 Å². The summed E-state index contributed by atoms with van der Waals surface area (Å²) in [5, 5.41) is 18.3. The number of carboxylic acids is 1. The molecule has 2 aromatic heterocycles. The van der Waals surface area contributed by atoms with Crippen LogP contribution >= 0.6 is 0 Å².